The second kappa shape index (κ2) is 3.57. The van der Waals surface area contributed by atoms with Crippen LogP contribution in [0, 0.1) is 0 Å². The third kappa shape index (κ3) is 1.76. The van der Waals surface area contributed by atoms with Crippen molar-refractivity contribution in [3.63, 3.8) is 0 Å². The van der Waals surface area contributed by atoms with Crippen molar-refractivity contribution >= 4 is 21.6 Å². The van der Waals surface area contributed by atoms with Gasteiger partial charge in [0.15, 0.2) is 0 Å². The van der Waals surface area contributed by atoms with E-state index in [0.717, 1.165) is 23.1 Å². The van der Waals surface area contributed by atoms with E-state index in [1.54, 1.807) is 0 Å². The molecule has 0 amide bonds. The molecule has 3 rings (SSSR count). The van der Waals surface area contributed by atoms with Crippen LogP contribution in [0.2, 0.25) is 0 Å². The number of imidazole rings is 1. The highest BCUT2D eigenvalue weighted by molar-refractivity contribution is 9.10. The minimum Gasteiger partial charge on any atom is -0.325 e. The fraction of sp³-hybridized carbons (Fsp3) is 0.417. The Bertz CT molecular complexity index is 528. The summed E-state index contributed by atoms with van der Waals surface area (Å²) in [5, 5.41) is 0. The molecule has 0 aromatic carbocycles. The average molecular weight is 280 g/mol. The first-order chi connectivity index (χ1) is 7.68. The molecule has 2 heterocycles. The molecule has 3 nitrogen and oxygen atoms in total. The Kier molecular flexibility index (Phi) is 2.30. The largest absolute Gasteiger partial charge is 0.325 e. The highest BCUT2D eigenvalue weighted by Gasteiger charge is 2.37. The van der Waals surface area contributed by atoms with Crippen molar-refractivity contribution in [1.29, 1.82) is 0 Å². The number of halogens is 1. The van der Waals surface area contributed by atoms with E-state index in [1.807, 2.05) is 12.4 Å². The maximum Gasteiger partial charge on any atom is 0.140 e. The Morgan fingerprint density at radius 1 is 1.50 bits per heavy atom. The molecule has 2 aromatic rings. The molecule has 1 saturated carbocycles. The number of pyridine rings is 1. The van der Waals surface area contributed by atoms with Gasteiger partial charge in [0, 0.05) is 11.7 Å². The van der Waals surface area contributed by atoms with Gasteiger partial charge in [0.05, 0.1) is 6.20 Å². The van der Waals surface area contributed by atoms with Gasteiger partial charge < -0.3 is 5.73 Å². The van der Waals surface area contributed by atoms with Crippen LogP contribution in [0.5, 0.6) is 0 Å². The van der Waals surface area contributed by atoms with Gasteiger partial charge in [-0.2, -0.15) is 0 Å². The number of hydrogen-bond donors (Lipinski definition) is 1. The average Bonchev–Trinajstić information content (AvgIpc) is 2.90. The van der Waals surface area contributed by atoms with Crippen LogP contribution in [0.25, 0.3) is 5.65 Å². The lowest BCUT2D eigenvalue weighted by atomic mass is 10.1. The minimum atomic E-state index is 0.122. The molecule has 84 valence electrons. The predicted octanol–water partition coefficient (Wildman–Crippen LogP) is 2.52. The summed E-state index contributed by atoms with van der Waals surface area (Å²) in [6.07, 6.45) is 8.30. The Morgan fingerprint density at radius 2 is 2.31 bits per heavy atom. The molecule has 1 aliphatic carbocycles. The van der Waals surface area contributed by atoms with Crippen LogP contribution < -0.4 is 5.73 Å². The number of aryl methyl sites for hydroxylation is 1. The summed E-state index contributed by atoms with van der Waals surface area (Å²) in [7, 11) is 0. The van der Waals surface area contributed by atoms with E-state index in [9.17, 15) is 0 Å². The van der Waals surface area contributed by atoms with Crippen molar-refractivity contribution in [2.24, 2.45) is 5.73 Å². The zero-order valence-corrected chi connectivity index (χ0v) is 10.6. The van der Waals surface area contributed by atoms with Gasteiger partial charge in [-0.15, -0.1) is 0 Å². The number of hydrogen-bond acceptors (Lipinski definition) is 2. The number of nitrogens with two attached hydrogens (primary N) is 1. The van der Waals surface area contributed by atoms with Crippen LogP contribution in [-0.2, 0) is 6.42 Å². The summed E-state index contributed by atoms with van der Waals surface area (Å²) in [5.41, 5.74) is 8.55. The molecular weight excluding hydrogens is 266 g/mol. The Hall–Kier alpha value is -0.870. The van der Waals surface area contributed by atoms with Gasteiger partial charge in [-0.3, -0.25) is 4.40 Å². The molecule has 4 heteroatoms. The number of fused-ring (bicyclic) bond motifs is 1. The van der Waals surface area contributed by atoms with Gasteiger partial charge in [0.25, 0.3) is 0 Å². The van der Waals surface area contributed by atoms with E-state index >= 15 is 0 Å². The van der Waals surface area contributed by atoms with Gasteiger partial charge >= 0.3 is 0 Å². The first kappa shape index (κ1) is 10.3. The molecule has 0 radical (unpaired) electrons. The monoisotopic (exact) mass is 279 g/mol. The van der Waals surface area contributed by atoms with Crippen LogP contribution in [0.1, 0.15) is 24.8 Å². The van der Waals surface area contributed by atoms with Crippen LogP contribution in [0.3, 0.4) is 0 Å². The summed E-state index contributed by atoms with van der Waals surface area (Å²) in [4.78, 5) is 4.41. The highest BCUT2D eigenvalue weighted by atomic mass is 79.9. The maximum absolute atomic E-state index is 6.11. The molecule has 1 aliphatic rings. The van der Waals surface area contributed by atoms with E-state index in [2.05, 4.69) is 37.4 Å². The SMILES string of the molecule is NC1(CCc2cccn3c(Br)cnc23)CC1. The maximum atomic E-state index is 6.11. The molecule has 2 aromatic heterocycles. The lowest BCUT2D eigenvalue weighted by molar-refractivity contribution is 0.609. The summed E-state index contributed by atoms with van der Waals surface area (Å²) < 4.78 is 3.06. The summed E-state index contributed by atoms with van der Waals surface area (Å²) in [6.45, 7) is 0. The van der Waals surface area contributed by atoms with Crippen LogP contribution in [-0.4, -0.2) is 14.9 Å². The van der Waals surface area contributed by atoms with Gasteiger partial charge in [-0.1, -0.05) is 6.07 Å². The second-order valence-corrected chi connectivity index (χ2v) is 5.48. The van der Waals surface area contributed by atoms with Gasteiger partial charge in [0.2, 0.25) is 0 Å². The lowest BCUT2D eigenvalue weighted by Crippen LogP contribution is -2.22. The molecular formula is C12H14BrN3. The highest BCUT2D eigenvalue weighted by Crippen LogP contribution is 2.36. The number of rotatable bonds is 3. The third-order valence-corrected chi connectivity index (χ3v) is 3.94. The molecule has 0 saturated heterocycles. The second-order valence-electron chi connectivity index (χ2n) is 4.67. The zero-order valence-electron chi connectivity index (χ0n) is 8.99. The first-order valence-corrected chi connectivity index (χ1v) is 6.37. The molecule has 0 spiro atoms. The predicted molar refractivity (Wildman–Crippen MR) is 67.4 cm³/mol. The van der Waals surface area contributed by atoms with E-state index < -0.39 is 0 Å². The Balaban J connectivity index is 1.90. The molecule has 2 N–H and O–H groups in total. The van der Waals surface area contributed by atoms with Crippen LogP contribution in [0.4, 0.5) is 0 Å². The molecule has 0 aliphatic heterocycles. The van der Waals surface area contributed by atoms with Crippen LogP contribution >= 0.6 is 15.9 Å². The van der Waals surface area contributed by atoms with Crippen LogP contribution in [0.15, 0.2) is 29.1 Å². The van der Waals surface area contributed by atoms with Gasteiger partial charge in [0.1, 0.15) is 10.3 Å². The van der Waals surface area contributed by atoms with Crippen molar-refractivity contribution in [3.8, 4) is 0 Å². The number of nitrogens with zero attached hydrogens (tertiary/aromatic N) is 2. The molecule has 1 fully saturated rings. The summed E-state index contributed by atoms with van der Waals surface area (Å²) in [5.74, 6) is 0. The molecule has 0 bridgehead atoms. The van der Waals surface area contributed by atoms with Crippen molar-refractivity contribution in [1.82, 2.24) is 9.38 Å². The van der Waals surface area contributed by atoms with E-state index in [-0.39, 0.29) is 5.54 Å². The minimum absolute atomic E-state index is 0.122. The van der Waals surface area contributed by atoms with E-state index in [4.69, 9.17) is 5.73 Å². The molecule has 0 atom stereocenters. The fourth-order valence-corrected chi connectivity index (χ4v) is 2.42. The van der Waals surface area contributed by atoms with Crippen molar-refractivity contribution in [2.75, 3.05) is 0 Å². The normalized spacial score (nSPS) is 17.9. The quantitative estimate of drug-likeness (QED) is 0.938. The number of aromatic nitrogens is 2. The summed E-state index contributed by atoms with van der Waals surface area (Å²) >= 11 is 3.48. The molecule has 0 unspecified atom stereocenters. The van der Waals surface area contributed by atoms with Crippen molar-refractivity contribution < 1.29 is 0 Å². The van der Waals surface area contributed by atoms with E-state index in [1.165, 1.54) is 18.4 Å². The van der Waals surface area contributed by atoms with Gasteiger partial charge in [-0.05, 0) is 53.2 Å². The van der Waals surface area contributed by atoms with Crippen molar-refractivity contribution in [2.45, 2.75) is 31.2 Å². The standard InChI is InChI=1S/C12H14BrN3/c13-10-8-15-11-9(2-1-7-16(10)11)3-4-12(14)5-6-12/h1-2,7-8H,3-6,14H2. The summed E-state index contributed by atoms with van der Waals surface area (Å²) in [6, 6.07) is 4.20. The molecule has 16 heavy (non-hydrogen) atoms. The van der Waals surface area contributed by atoms with Gasteiger partial charge in [-0.25, -0.2) is 4.98 Å². The first-order valence-electron chi connectivity index (χ1n) is 5.57. The lowest BCUT2D eigenvalue weighted by Gasteiger charge is -2.08. The fourth-order valence-electron chi connectivity index (χ4n) is 2.03. The van der Waals surface area contributed by atoms with E-state index in [0.29, 0.717) is 0 Å². The third-order valence-electron chi connectivity index (χ3n) is 3.36. The topological polar surface area (TPSA) is 43.3 Å². The Labute approximate surface area is 103 Å². The Morgan fingerprint density at radius 3 is 3.06 bits per heavy atom. The smallest absolute Gasteiger partial charge is 0.140 e. The zero-order chi connectivity index (χ0) is 11.2. The van der Waals surface area contributed by atoms with Crippen molar-refractivity contribution in [3.05, 3.63) is 34.7 Å².